The normalized spacial score (nSPS) is 16.4. The van der Waals surface area contributed by atoms with Crippen LogP contribution in [0.1, 0.15) is 49.8 Å². The van der Waals surface area contributed by atoms with E-state index in [0.717, 1.165) is 30.4 Å². The third kappa shape index (κ3) is 4.08. The molecule has 2 amide bonds. The van der Waals surface area contributed by atoms with Gasteiger partial charge in [0.1, 0.15) is 0 Å². The minimum atomic E-state index is -0.313. The van der Waals surface area contributed by atoms with Crippen molar-refractivity contribution in [3.63, 3.8) is 0 Å². The van der Waals surface area contributed by atoms with Crippen molar-refractivity contribution in [2.45, 2.75) is 44.2 Å². The van der Waals surface area contributed by atoms with Crippen molar-refractivity contribution in [1.82, 2.24) is 10.6 Å². The van der Waals surface area contributed by atoms with Gasteiger partial charge in [0.25, 0.3) is 0 Å². The lowest BCUT2D eigenvalue weighted by atomic mass is 9.71. The van der Waals surface area contributed by atoms with E-state index in [1.54, 1.807) is 0 Å². The maximum Gasteiger partial charge on any atom is 0.223 e. The van der Waals surface area contributed by atoms with Gasteiger partial charge in [0.05, 0.1) is 18.0 Å². The number of hydrogen-bond donors (Lipinski definition) is 2. The van der Waals surface area contributed by atoms with Gasteiger partial charge in [0.2, 0.25) is 11.8 Å². The Bertz CT molecular complexity index is 724. The monoisotopic (exact) mass is 336 g/mol. The van der Waals surface area contributed by atoms with Gasteiger partial charge in [-0.25, -0.2) is 0 Å². The molecule has 3 rings (SSSR count). The Morgan fingerprint density at radius 3 is 2.12 bits per heavy atom. The van der Waals surface area contributed by atoms with E-state index in [-0.39, 0.29) is 29.8 Å². The number of amides is 2. The zero-order valence-corrected chi connectivity index (χ0v) is 14.5. The fourth-order valence-corrected chi connectivity index (χ4v) is 3.46. The predicted octanol–water partition coefficient (Wildman–Crippen LogP) is 3.45. The number of hydrogen-bond acceptors (Lipinski definition) is 2. The molecule has 1 unspecified atom stereocenters. The fourth-order valence-electron chi connectivity index (χ4n) is 3.46. The molecule has 0 saturated heterocycles. The lowest BCUT2D eigenvalue weighted by Crippen LogP contribution is -2.51. The molecule has 0 spiro atoms. The van der Waals surface area contributed by atoms with Gasteiger partial charge in [0, 0.05) is 6.92 Å². The Morgan fingerprint density at radius 2 is 1.60 bits per heavy atom. The van der Waals surface area contributed by atoms with Crippen molar-refractivity contribution in [2.75, 3.05) is 0 Å². The Balaban J connectivity index is 1.72. The molecule has 0 radical (unpaired) electrons. The first-order valence-electron chi connectivity index (χ1n) is 8.78. The minimum Gasteiger partial charge on any atom is -0.349 e. The van der Waals surface area contributed by atoms with E-state index in [1.807, 2.05) is 48.5 Å². The highest BCUT2D eigenvalue weighted by Gasteiger charge is 2.40. The Kier molecular flexibility index (Phi) is 5.17. The number of carbonyl (C=O) groups is 2. The molecule has 1 saturated carbocycles. The molecule has 4 heteroatoms. The molecule has 2 aromatic rings. The third-order valence-electron chi connectivity index (χ3n) is 4.88. The Labute approximate surface area is 148 Å². The summed E-state index contributed by atoms with van der Waals surface area (Å²) in [6.07, 6.45) is 3.26. The summed E-state index contributed by atoms with van der Waals surface area (Å²) in [4.78, 5) is 24.3. The second-order valence-electron chi connectivity index (χ2n) is 6.72. The van der Waals surface area contributed by atoms with Crippen LogP contribution in [-0.4, -0.2) is 11.8 Å². The molecule has 1 fully saturated rings. The average molecular weight is 336 g/mol. The SMILES string of the molecule is CC(=O)NC(CC(=O)NC1(c2ccccc2)CCC1)c1ccccc1. The van der Waals surface area contributed by atoms with E-state index in [2.05, 4.69) is 22.8 Å². The van der Waals surface area contributed by atoms with Gasteiger partial charge in [-0.15, -0.1) is 0 Å². The van der Waals surface area contributed by atoms with Crippen molar-refractivity contribution in [3.8, 4) is 0 Å². The van der Waals surface area contributed by atoms with Crippen LogP contribution in [0.2, 0.25) is 0 Å². The lowest BCUT2D eigenvalue weighted by Gasteiger charge is -2.43. The number of carbonyl (C=O) groups excluding carboxylic acids is 2. The van der Waals surface area contributed by atoms with Crippen LogP contribution in [0, 0.1) is 0 Å². The Morgan fingerprint density at radius 1 is 1.00 bits per heavy atom. The van der Waals surface area contributed by atoms with Crippen LogP contribution < -0.4 is 10.6 Å². The fraction of sp³-hybridized carbons (Fsp3) is 0.333. The minimum absolute atomic E-state index is 0.0360. The maximum atomic E-state index is 12.7. The molecule has 2 aromatic carbocycles. The zero-order valence-electron chi connectivity index (χ0n) is 14.5. The first kappa shape index (κ1) is 17.2. The number of nitrogens with one attached hydrogen (secondary N) is 2. The molecule has 25 heavy (non-hydrogen) atoms. The van der Waals surface area contributed by atoms with Gasteiger partial charge >= 0.3 is 0 Å². The van der Waals surface area contributed by atoms with Crippen LogP contribution in [0.25, 0.3) is 0 Å². The molecule has 0 aromatic heterocycles. The first-order chi connectivity index (χ1) is 12.1. The highest BCUT2D eigenvalue weighted by Crippen LogP contribution is 2.41. The third-order valence-corrected chi connectivity index (χ3v) is 4.88. The molecule has 1 aliphatic rings. The van der Waals surface area contributed by atoms with E-state index >= 15 is 0 Å². The standard InChI is InChI=1S/C21H24N2O2/c1-16(24)22-19(17-9-4-2-5-10-17)15-20(25)23-21(13-8-14-21)18-11-6-3-7-12-18/h2-7,9-12,19H,8,13-15H2,1H3,(H,22,24)(H,23,25). The molecule has 4 nitrogen and oxygen atoms in total. The maximum absolute atomic E-state index is 12.7. The van der Waals surface area contributed by atoms with Crippen molar-refractivity contribution >= 4 is 11.8 Å². The van der Waals surface area contributed by atoms with Crippen LogP contribution >= 0.6 is 0 Å². The summed E-state index contributed by atoms with van der Waals surface area (Å²) in [6, 6.07) is 19.5. The highest BCUT2D eigenvalue weighted by atomic mass is 16.2. The number of rotatable bonds is 6. The van der Waals surface area contributed by atoms with Gasteiger partial charge in [0.15, 0.2) is 0 Å². The zero-order chi connectivity index (χ0) is 17.7. The predicted molar refractivity (Wildman–Crippen MR) is 97.7 cm³/mol. The van der Waals surface area contributed by atoms with Crippen molar-refractivity contribution in [1.29, 1.82) is 0 Å². The van der Waals surface area contributed by atoms with E-state index < -0.39 is 0 Å². The molecule has 0 aliphatic heterocycles. The highest BCUT2D eigenvalue weighted by molar-refractivity contribution is 5.80. The van der Waals surface area contributed by atoms with E-state index in [9.17, 15) is 9.59 Å². The van der Waals surface area contributed by atoms with E-state index in [4.69, 9.17) is 0 Å². The van der Waals surface area contributed by atoms with Gasteiger partial charge in [-0.2, -0.15) is 0 Å². The van der Waals surface area contributed by atoms with Crippen LogP contribution in [0.15, 0.2) is 60.7 Å². The Hall–Kier alpha value is -2.62. The average Bonchev–Trinajstić information content (AvgIpc) is 2.59. The van der Waals surface area contributed by atoms with Crippen LogP contribution in [0.4, 0.5) is 0 Å². The smallest absolute Gasteiger partial charge is 0.223 e. The molecular formula is C21H24N2O2. The quantitative estimate of drug-likeness (QED) is 0.849. The molecule has 130 valence electrons. The molecule has 0 bridgehead atoms. The first-order valence-corrected chi connectivity index (χ1v) is 8.78. The van der Waals surface area contributed by atoms with Gasteiger partial charge in [-0.05, 0) is 30.4 Å². The second-order valence-corrected chi connectivity index (χ2v) is 6.72. The summed E-state index contributed by atoms with van der Waals surface area (Å²) in [5.74, 6) is -0.172. The van der Waals surface area contributed by atoms with E-state index in [0.29, 0.717) is 0 Å². The molecule has 0 heterocycles. The summed E-state index contributed by atoms with van der Waals surface area (Å²) in [5, 5.41) is 6.12. The summed E-state index contributed by atoms with van der Waals surface area (Å²) in [6.45, 7) is 1.48. The summed E-state index contributed by atoms with van der Waals surface area (Å²) >= 11 is 0. The van der Waals surface area contributed by atoms with Crippen LogP contribution in [-0.2, 0) is 15.1 Å². The van der Waals surface area contributed by atoms with Crippen molar-refractivity contribution in [3.05, 3.63) is 71.8 Å². The van der Waals surface area contributed by atoms with Crippen LogP contribution in [0.5, 0.6) is 0 Å². The van der Waals surface area contributed by atoms with Crippen molar-refractivity contribution in [2.24, 2.45) is 0 Å². The largest absolute Gasteiger partial charge is 0.349 e. The topological polar surface area (TPSA) is 58.2 Å². The second kappa shape index (κ2) is 7.51. The molecule has 2 N–H and O–H groups in total. The van der Waals surface area contributed by atoms with E-state index in [1.165, 1.54) is 6.92 Å². The summed E-state index contributed by atoms with van der Waals surface area (Å²) in [5.41, 5.74) is 1.84. The van der Waals surface area contributed by atoms with Gasteiger partial charge in [-0.1, -0.05) is 60.7 Å². The summed E-state index contributed by atoms with van der Waals surface area (Å²) in [7, 11) is 0. The number of benzene rings is 2. The molecule has 1 aliphatic carbocycles. The van der Waals surface area contributed by atoms with Crippen molar-refractivity contribution < 1.29 is 9.59 Å². The van der Waals surface area contributed by atoms with Gasteiger partial charge in [-0.3, -0.25) is 9.59 Å². The van der Waals surface area contributed by atoms with Gasteiger partial charge < -0.3 is 10.6 Å². The molecular weight excluding hydrogens is 312 g/mol. The lowest BCUT2D eigenvalue weighted by molar-refractivity contribution is -0.125. The van der Waals surface area contributed by atoms with Crippen LogP contribution in [0.3, 0.4) is 0 Å². The summed E-state index contributed by atoms with van der Waals surface area (Å²) < 4.78 is 0. The molecule has 1 atom stereocenters.